The van der Waals surface area contributed by atoms with Crippen LogP contribution < -0.4 is 21.3 Å². The summed E-state index contributed by atoms with van der Waals surface area (Å²) in [4.78, 5) is 45.7. The van der Waals surface area contributed by atoms with Crippen LogP contribution in [0.25, 0.3) is 11.7 Å². The number of anilines is 4. The Labute approximate surface area is 275 Å². The molecule has 14 nitrogen and oxygen atoms in total. The van der Waals surface area contributed by atoms with Crippen LogP contribution in [0.1, 0.15) is 36.7 Å². The fraction of sp³-hybridized carbons (Fsp3) is 0.281. The van der Waals surface area contributed by atoms with Gasteiger partial charge in [-0.3, -0.25) is 4.79 Å². The number of aliphatic hydroxyl groups is 1. The first kappa shape index (κ1) is 31.6. The summed E-state index contributed by atoms with van der Waals surface area (Å²) in [5, 5.41) is 26.8. The van der Waals surface area contributed by atoms with Crippen LogP contribution in [0, 0.1) is 0 Å². The van der Waals surface area contributed by atoms with Crippen LogP contribution in [0.4, 0.5) is 32.6 Å². The monoisotopic (exact) mass is 659 g/mol. The molecule has 0 bridgehead atoms. The number of aliphatic hydroxyl groups excluding tert-OH is 1. The van der Waals surface area contributed by atoms with Crippen molar-refractivity contribution >= 4 is 64.4 Å². The normalized spacial score (nSPS) is 17.4. The molecule has 0 aliphatic carbocycles. The maximum atomic E-state index is 13.5. The van der Waals surface area contributed by atoms with Gasteiger partial charge in [0, 0.05) is 59.8 Å². The van der Waals surface area contributed by atoms with E-state index >= 15 is 0 Å². The molecule has 2 saturated heterocycles. The molecule has 4 amide bonds. The smallest absolute Gasteiger partial charge is 0.410 e. The van der Waals surface area contributed by atoms with Crippen LogP contribution in [0.15, 0.2) is 66.5 Å². The summed E-state index contributed by atoms with van der Waals surface area (Å²) in [5.74, 6) is 0.833. The van der Waals surface area contributed by atoms with E-state index in [2.05, 4.69) is 26.4 Å². The van der Waals surface area contributed by atoms with Crippen molar-refractivity contribution in [3.63, 3.8) is 0 Å². The van der Waals surface area contributed by atoms with Crippen molar-refractivity contribution in [1.29, 1.82) is 0 Å². The second-order valence-electron chi connectivity index (χ2n) is 12.1. The molecule has 6 rings (SSSR count). The number of nitrogens with zero attached hydrogens (tertiary/aromatic N) is 5. The van der Waals surface area contributed by atoms with E-state index in [-0.39, 0.29) is 17.7 Å². The van der Waals surface area contributed by atoms with Gasteiger partial charge < -0.3 is 40.9 Å². The summed E-state index contributed by atoms with van der Waals surface area (Å²) in [5.41, 5.74) is 2.45. The van der Waals surface area contributed by atoms with Gasteiger partial charge in [0.2, 0.25) is 0 Å². The number of hydrogen-bond acceptors (Lipinski definition) is 9. The number of ether oxygens (including phenoxy) is 1. The number of benzene rings is 2. The molecule has 4 aromatic rings. The van der Waals surface area contributed by atoms with Gasteiger partial charge in [-0.05, 0) is 63.2 Å². The van der Waals surface area contributed by atoms with Gasteiger partial charge in [0.1, 0.15) is 17.2 Å². The maximum absolute atomic E-state index is 13.5. The highest BCUT2D eigenvalue weighted by Crippen LogP contribution is 2.27. The summed E-state index contributed by atoms with van der Waals surface area (Å²) < 4.78 is 7.05. The molecule has 2 aromatic heterocycles. The largest absolute Gasteiger partial charge is 0.444 e. The lowest BCUT2D eigenvalue weighted by atomic mass is 10.1. The van der Waals surface area contributed by atoms with E-state index in [0.717, 1.165) is 0 Å². The number of urea groups is 1. The van der Waals surface area contributed by atoms with E-state index in [0.29, 0.717) is 71.0 Å². The fourth-order valence-electron chi connectivity index (χ4n) is 5.15. The van der Waals surface area contributed by atoms with Gasteiger partial charge in [0.25, 0.3) is 5.91 Å². The van der Waals surface area contributed by atoms with E-state index in [4.69, 9.17) is 21.3 Å². The molecule has 1 atom stereocenters. The third-order valence-electron chi connectivity index (χ3n) is 7.33. The molecule has 0 radical (unpaired) electrons. The Morgan fingerprint density at radius 2 is 1.72 bits per heavy atom. The van der Waals surface area contributed by atoms with Crippen molar-refractivity contribution in [2.24, 2.45) is 0 Å². The third-order valence-corrected chi connectivity index (χ3v) is 7.56. The minimum atomic E-state index is -1.19. The van der Waals surface area contributed by atoms with Gasteiger partial charge in [-0.15, -0.1) is 0 Å². The Morgan fingerprint density at radius 3 is 2.40 bits per heavy atom. The van der Waals surface area contributed by atoms with Crippen molar-refractivity contribution in [3.05, 3.63) is 82.6 Å². The Bertz CT molecular complexity index is 1880. The molecule has 4 heterocycles. The van der Waals surface area contributed by atoms with E-state index in [1.165, 1.54) is 0 Å². The van der Waals surface area contributed by atoms with Crippen LogP contribution in [0.3, 0.4) is 0 Å². The first-order valence-corrected chi connectivity index (χ1v) is 15.3. The average Bonchev–Trinajstić information content (AvgIpc) is 3.57. The number of carbonyl (C=O) groups is 3. The minimum absolute atomic E-state index is 0.153. The first-order chi connectivity index (χ1) is 22.4. The molecule has 1 unspecified atom stereocenters. The van der Waals surface area contributed by atoms with E-state index in [1.807, 2.05) is 39.0 Å². The maximum Gasteiger partial charge on any atom is 0.410 e. The first-order valence-electron chi connectivity index (χ1n) is 14.9. The molecule has 47 heavy (non-hydrogen) atoms. The van der Waals surface area contributed by atoms with Gasteiger partial charge in [-0.25, -0.2) is 14.6 Å². The molecular weight excluding hydrogens is 626 g/mol. The van der Waals surface area contributed by atoms with Crippen LogP contribution in [0.2, 0.25) is 5.02 Å². The van der Waals surface area contributed by atoms with Crippen LogP contribution in [-0.4, -0.2) is 85.5 Å². The summed E-state index contributed by atoms with van der Waals surface area (Å²) in [6.07, 6.45) is 1.58. The van der Waals surface area contributed by atoms with Crippen molar-refractivity contribution < 1.29 is 24.2 Å². The number of halogens is 1. The second-order valence-corrected chi connectivity index (χ2v) is 12.5. The summed E-state index contributed by atoms with van der Waals surface area (Å²) in [6, 6.07) is 15.5. The summed E-state index contributed by atoms with van der Waals surface area (Å²) in [6.45, 7) is 6.99. The predicted octanol–water partition coefficient (Wildman–Crippen LogP) is 4.53. The zero-order valence-electron chi connectivity index (χ0n) is 26.0. The second kappa shape index (κ2) is 12.8. The van der Waals surface area contributed by atoms with Gasteiger partial charge in [0.15, 0.2) is 11.9 Å². The lowest BCUT2D eigenvalue weighted by Crippen LogP contribution is -2.51. The van der Waals surface area contributed by atoms with Gasteiger partial charge in [0.05, 0.1) is 11.9 Å². The highest BCUT2D eigenvalue weighted by atomic mass is 35.5. The molecule has 0 saturated carbocycles. The van der Waals surface area contributed by atoms with E-state index < -0.39 is 17.9 Å². The number of amides is 4. The number of piperazine rings is 1. The minimum Gasteiger partial charge on any atom is -0.444 e. The van der Waals surface area contributed by atoms with Gasteiger partial charge in [-0.2, -0.15) is 9.61 Å². The predicted molar refractivity (Wildman–Crippen MR) is 177 cm³/mol. The molecule has 244 valence electrons. The molecule has 2 aromatic carbocycles. The van der Waals surface area contributed by atoms with E-state index in [9.17, 15) is 19.5 Å². The van der Waals surface area contributed by atoms with Gasteiger partial charge in [-0.1, -0.05) is 23.7 Å². The zero-order chi connectivity index (χ0) is 33.3. The Kier molecular flexibility index (Phi) is 8.62. The van der Waals surface area contributed by atoms with Crippen molar-refractivity contribution in [3.8, 4) is 0 Å². The standard InChI is InChI=1S/C32H34ClN9O5/c1-32(2,3)47-31(46)41-12-10-40(11-13-41)29(44)19-6-4-8-22(14-19)36-26-17-25(35-23-9-5-7-21(33)16-23)38-27-20(18-34-42(26)27)15-24-28(43)39-30(45)37-24/h4-9,14-18,28,36,43H,10-13H2,1-3H3,(H,35,38)(H2,37,39,45)/b24-15-. The molecule has 15 heteroatoms. The Hall–Kier alpha value is -5.34. The number of aromatic nitrogens is 3. The number of fused-ring (bicyclic) bond motifs is 1. The lowest BCUT2D eigenvalue weighted by Gasteiger charge is -2.35. The number of carbonyl (C=O) groups excluding carboxylic acids is 3. The number of nitrogens with one attached hydrogen (secondary N) is 4. The molecule has 0 spiro atoms. The summed E-state index contributed by atoms with van der Waals surface area (Å²) >= 11 is 6.20. The highest BCUT2D eigenvalue weighted by Gasteiger charge is 2.28. The van der Waals surface area contributed by atoms with Crippen molar-refractivity contribution in [2.45, 2.75) is 32.6 Å². The van der Waals surface area contributed by atoms with E-state index in [1.54, 1.807) is 63.0 Å². The quantitative estimate of drug-likeness (QED) is 0.200. The number of hydrogen-bond donors (Lipinski definition) is 5. The molecular formula is C32H34ClN9O5. The van der Waals surface area contributed by atoms with Crippen molar-refractivity contribution in [2.75, 3.05) is 36.8 Å². The van der Waals surface area contributed by atoms with Crippen LogP contribution in [0.5, 0.6) is 0 Å². The van der Waals surface area contributed by atoms with Crippen LogP contribution >= 0.6 is 11.6 Å². The summed E-state index contributed by atoms with van der Waals surface area (Å²) in [7, 11) is 0. The van der Waals surface area contributed by atoms with Gasteiger partial charge >= 0.3 is 12.1 Å². The average molecular weight is 660 g/mol. The third kappa shape index (κ3) is 7.39. The SMILES string of the molecule is CC(C)(C)OC(=O)N1CCN(C(=O)c2cccc(Nc3cc(Nc4cccc(Cl)c4)nc4c(/C=C5\NC(=O)NC5O)cnn34)c2)CC1. The number of rotatable bonds is 6. The molecule has 5 N–H and O–H groups in total. The van der Waals surface area contributed by atoms with Crippen molar-refractivity contribution in [1.82, 2.24) is 35.0 Å². The topological polar surface area (TPSA) is 165 Å². The fourth-order valence-corrected chi connectivity index (χ4v) is 5.34. The highest BCUT2D eigenvalue weighted by molar-refractivity contribution is 6.30. The Morgan fingerprint density at radius 1 is 1.02 bits per heavy atom. The molecule has 2 aliphatic rings. The van der Waals surface area contributed by atoms with Crippen LogP contribution in [-0.2, 0) is 4.74 Å². The lowest BCUT2D eigenvalue weighted by molar-refractivity contribution is 0.0141. The molecule has 2 aliphatic heterocycles. The zero-order valence-corrected chi connectivity index (χ0v) is 26.7. The Balaban J connectivity index is 1.25. The molecule has 2 fully saturated rings.